The molecule has 3 nitrogen and oxygen atoms in total. The number of morpholine rings is 1. The van der Waals surface area contributed by atoms with E-state index in [0.717, 1.165) is 19.1 Å². The lowest BCUT2D eigenvalue weighted by atomic mass is 9.82. The van der Waals surface area contributed by atoms with Crippen molar-refractivity contribution in [3.05, 3.63) is 34.1 Å². The second kappa shape index (κ2) is 4.91. The molecule has 1 amide bonds. The van der Waals surface area contributed by atoms with Gasteiger partial charge >= 0.3 is 12.0 Å². The number of amides is 1. The van der Waals surface area contributed by atoms with Gasteiger partial charge in [0.15, 0.2) is 0 Å². The minimum absolute atomic E-state index is 0.226. The van der Waals surface area contributed by atoms with E-state index in [1.807, 2.05) is 5.32 Å². The van der Waals surface area contributed by atoms with Gasteiger partial charge in [-0.05, 0) is 25.1 Å². The summed E-state index contributed by atoms with van der Waals surface area (Å²) in [6.45, 7) is -0.385. The number of hydrogen-bond donors (Lipinski definition) is 1. The molecule has 21 heavy (non-hydrogen) atoms. The van der Waals surface area contributed by atoms with Crippen LogP contribution >= 0.6 is 15.9 Å². The molecule has 0 radical (unpaired) electrons. The number of halogens is 6. The molecule has 0 unspecified atom stereocenters. The van der Waals surface area contributed by atoms with Crippen molar-refractivity contribution in [3.63, 3.8) is 0 Å². The highest BCUT2D eigenvalue weighted by atomic mass is 79.9. The highest BCUT2D eigenvalue weighted by Crippen LogP contribution is 2.50. The molecule has 1 N–H and O–H groups in total. The van der Waals surface area contributed by atoms with Crippen LogP contribution in [0, 0.1) is 5.82 Å². The fourth-order valence-corrected chi connectivity index (χ4v) is 2.55. The van der Waals surface area contributed by atoms with Gasteiger partial charge < -0.3 is 10.1 Å². The van der Waals surface area contributed by atoms with Gasteiger partial charge in [-0.3, -0.25) is 4.79 Å². The molecule has 0 saturated carbocycles. The Bertz CT molecular complexity index is 594. The summed E-state index contributed by atoms with van der Waals surface area (Å²) in [6.07, 6.45) is -5.47. The average Bonchev–Trinajstić information content (AvgIpc) is 2.36. The van der Waals surface area contributed by atoms with Crippen LogP contribution in [0.4, 0.5) is 22.0 Å². The molecule has 1 aromatic rings. The van der Waals surface area contributed by atoms with Crippen molar-refractivity contribution >= 4 is 21.8 Å². The fraction of sp³-hybridized carbons (Fsp3) is 0.417. The summed E-state index contributed by atoms with van der Waals surface area (Å²) in [7, 11) is 0. The van der Waals surface area contributed by atoms with Crippen LogP contribution in [0.3, 0.4) is 0 Å². The highest BCUT2D eigenvalue weighted by Gasteiger charge is 2.71. The SMILES string of the molecule is C[C@]1(c2cc(Br)ccc2F)NC(=O)CO[C@]1(F)C(F)(F)F. The molecule has 1 aliphatic heterocycles. The van der Waals surface area contributed by atoms with E-state index in [9.17, 15) is 26.7 Å². The third kappa shape index (κ3) is 2.42. The van der Waals surface area contributed by atoms with Crippen LogP contribution in [0.5, 0.6) is 0 Å². The number of alkyl halides is 4. The third-order valence-electron chi connectivity index (χ3n) is 3.27. The molecule has 0 bridgehead atoms. The summed E-state index contributed by atoms with van der Waals surface area (Å²) in [6, 6.07) is 3.06. The van der Waals surface area contributed by atoms with Crippen LogP contribution in [0.15, 0.2) is 22.7 Å². The van der Waals surface area contributed by atoms with Crippen molar-refractivity contribution in [1.82, 2.24) is 5.32 Å². The number of carbonyl (C=O) groups excluding carboxylic acids is 1. The van der Waals surface area contributed by atoms with Gasteiger partial charge in [0.2, 0.25) is 5.91 Å². The molecule has 1 fully saturated rings. The van der Waals surface area contributed by atoms with E-state index in [0.29, 0.717) is 0 Å². The average molecular weight is 374 g/mol. The predicted octanol–water partition coefficient (Wildman–Crippen LogP) is 3.18. The lowest BCUT2D eigenvalue weighted by molar-refractivity contribution is -0.366. The highest BCUT2D eigenvalue weighted by molar-refractivity contribution is 9.10. The molecular weight excluding hydrogens is 365 g/mol. The Morgan fingerprint density at radius 2 is 2.00 bits per heavy atom. The first kappa shape index (κ1) is 16.2. The van der Waals surface area contributed by atoms with Gasteiger partial charge in [-0.25, -0.2) is 4.39 Å². The number of hydrogen-bond acceptors (Lipinski definition) is 2. The summed E-state index contributed by atoms with van der Waals surface area (Å²) >= 11 is 2.97. The summed E-state index contributed by atoms with van der Waals surface area (Å²) in [4.78, 5) is 11.4. The molecule has 2 rings (SSSR count). The van der Waals surface area contributed by atoms with Crippen molar-refractivity contribution < 1.29 is 31.5 Å². The van der Waals surface area contributed by atoms with Crippen LogP contribution < -0.4 is 5.32 Å². The predicted molar refractivity (Wildman–Crippen MR) is 65.4 cm³/mol. The minimum Gasteiger partial charge on any atom is -0.339 e. The van der Waals surface area contributed by atoms with Crippen LogP contribution in [0.25, 0.3) is 0 Å². The molecule has 1 aliphatic rings. The van der Waals surface area contributed by atoms with Crippen molar-refractivity contribution in [3.8, 4) is 0 Å². The van der Waals surface area contributed by atoms with Crippen LogP contribution in [0.2, 0.25) is 0 Å². The monoisotopic (exact) mass is 373 g/mol. The quantitative estimate of drug-likeness (QED) is 0.767. The normalized spacial score (nSPS) is 30.1. The fourth-order valence-electron chi connectivity index (χ4n) is 2.19. The zero-order chi connectivity index (χ0) is 16.1. The van der Waals surface area contributed by atoms with Crippen molar-refractivity contribution in [2.24, 2.45) is 0 Å². The van der Waals surface area contributed by atoms with Crippen molar-refractivity contribution in [2.75, 3.05) is 6.61 Å². The lowest BCUT2D eigenvalue weighted by Gasteiger charge is -2.46. The second-order valence-corrected chi connectivity index (χ2v) is 5.59. The summed E-state index contributed by atoms with van der Waals surface area (Å²) in [5.74, 6) is -6.33. The largest absolute Gasteiger partial charge is 0.451 e. The first-order valence-electron chi connectivity index (χ1n) is 5.67. The van der Waals surface area contributed by atoms with Gasteiger partial charge in [-0.1, -0.05) is 15.9 Å². The zero-order valence-corrected chi connectivity index (χ0v) is 12.1. The van der Waals surface area contributed by atoms with E-state index >= 15 is 0 Å². The Balaban J connectivity index is 2.68. The van der Waals surface area contributed by atoms with E-state index in [4.69, 9.17) is 0 Å². The first-order chi connectivity index (χ1) is 9.51. The molecule has 0 aliphatic carbocycles. The molecule has 2 atom stereocenters. The maximum Gasteiger partial charge on any atom is 0.451 e. The zero-order valence-electron chi connectivity index (χ0n) is 10.5. The molecule has 0 spiro atoms. The van der Waals surface area contributed by atoms with Crippen LogP contribution in [-0.4, -0.2) is 24.5 Å². The molecule has 1 saturated heterocycles. The van der Waals surface area contributed by atoms with E-state index < -0.39 is 41.5 Å². The summed E-state index contributed by atoms with van der Waals surface area (Å²) in [5.41, 5.74) is -3.43. The number of benzene rings is 1. The molecular formula is C12H9BrF5NO2. The van der Waals surface area contributed by atoms with Crippen molar-refractivity contribution in [2.45, 2.75) is 24.5 Å². The first-order valence-corrected chi connectivity index (χ1v) is 6.47. The maximum atomic E-state index is 14.6. The Morgan fingerprint density at radius 3 is 2.57 bits per heavy atom. The van der Waals surface area contributed by atoms with Gasteiger partial charge in [0.25, 0.3) is 0 Å². The molecule has 116 valence electrons. The Labute approximate surface area is 124 Å². The number of nitrogens with one attached hydrogen (secondary N) is 1. The number of carbonyl (C=O) groups is 1. The van der Waals surface area contributed by atoms with Crippen LogP contribution in [-0.2, 0) is 15.1 Å². The maximum absolute atomic E-state index is 14.6. The van der Waals surface area contributed by atoms with E-state index in [-0.39, 0.29) is 4.47 Å². The molecule has 1 heterocycles. The van der Waals surface area contributed by atoms with E-state index in [1.165, 1.54) is 6.07 Å². The van der Waals surface area contributed by atoms with Crippen LogP contribution in [0.1, 0.15) is 12.5 Å². The van der Waals surface area contributed by atoms with Gasteiger partial charge in [0.05, 0.1) is 0 Å². The summed E-state index contributed by atoms with van der Waals surface area (Å²) < 4.78 is 72.0. The van der Waals surface area contributed by atoms with E-state index in [1.54, 1.807) is 0 Å². The molecule has 1 aromatic carbocycles. The number of ether oxygens (including phenoxy) is 1. The van der Waals surface area contributed by atoms with Gasteiger partial charge in [0.1, 0.15) is 18.0 Å². The molecule has 0 aromatic heterocycles. The van der Waals surface area contributed by atoms with Gasteiger partial charge in [-0.15, -0.1) is 0 Å². The molecule has 9 heteroatoms. The van der Waals surface area contributed by atoms with Crippen molar-refractivity contribution in [1.29, 1.82) is 0 Å². The second-order valence-electron chi connectivity index (χ2n) is 4.68. The standard InChI is InChI=1S/C12H9BrF5NO2/c1-10(7-4-6(13)2-3-8(7)14)11(15,12(16,17)18)21-5-9(20)19-10/h2-4H,5H2,1H3,(H,19,20)/t10-,11+/m1/s1. The Hall–Kier alpha value is -1.22. The van der Waals surface area contributed by atoms with Gasteiger partial charge in [-0.2, -0.15) is 17.6 Å². The third-order valence-corrected chi connectivity index (χ3v) is 3.76. The number of rotatable bonds is 1. The topological polar surface area (TPSA) is 38.3 Å². The van der Waals surface area contributed by atoms with E-state index in [2.05, 4.69) is 20.7 Å². The Kier molecular flexibility index (Phi) is 3.78. The Morgan fingerprint density at radius 1 is 1.38 bits per heavy atom. The lowest BCUT2D eigenvalue weighted by Crippen LogP contribution is -2.70. The van der Waals surface area contributed by atoms with Gasteiger partial charge in [0, 0.05) is 10.0 Å². The summed E-state index contributed by atoms with van der Waals surface area (Å²) in [5, 5.41) is 1.85. The minimum atomic E-state index is -5.47. The smallest absolute Gasteiger partial charge is 0.339 e.